The van der Waals surface area contributed by atoms with E-state index in [2.05, 4.69) is 15.3 Å². The third kappa shape index (κ3) is 3.53. The summed E-state index contributed by atoms with van der Waals surface area (Å²) in [5, 5.41) is 11.6. The van der Waals surface area contributed by atoms with Gasteiger partial charge >= 0.3 is 0 Å². The molecule has 2 rings (SSSR count). The molecule has 112 valence electrons. The Hall–Kier alpha value is -2.51. The van der Waals surface area contributed by atoms with Crippen molar-refractivity contribution < 1.29 is 9.21 Å². The molecule has 0 aliphatic carbocycles. The molecule has 0 atom stereocenters. The van der Waals surface area contributed by atoms with Crippen molar-refractivity contribution in [1.29, 1.82) is 0 Å². The number of amides is 1. The standard InChI is InChI=1S/C13H17N5O3/c1-8-5-12(19)18(16-9(8)2)7-13(20)17(4)6-11-15-14-10(3)21-11/h5H,6-7H2,1-4H3. The van der Waals surface area contributed by atoms with Crippen molar-refractivity contribution in [2.24, 2.45) is 0 Å². The maximum atomic E-state index is 12.1. The number of aromatic nitrogens is 4. The third-order valence-electron chi connectivity index (χ3n) is 3.09. The molecular formula is C13H17N5O3. The average Bonchev–Trinajstić information content (AvgIpc) is 2.81. The molecule has 2 aromatic heterocycles. The zero-order valence-electron chi connectivity index (χ0n) is 12.5. The lowest BCUT2D eigenvalue weighted by Gasteiger charge is -2.15. The number of nitrogens with zero attached hydrogens (tertiary/aromatic N) is 5. The summed E-state index contributed by atoms with van der Waals surface area (Å²) < 4.78 is 6.37. The Balaban J connectivity index is 2.07. The van der Waals surface area contributed by atoms with Gasteiger partial charge in [-0.1, -0.05) is 0 Å². The maximum Gasteiger partial charge on any atom is 0.267 e. The highest BCUT2D eigenvalue weighted by molar-refractivity contribution is 5.75. The van der Waals surface area contributed by atoms with E-state index in [4.69, 9.17) is 4.42 Å². The highest BCUT2D eigenvalue weighted by Crippen LogP contribution is 2.03. The minimum atomic E-state index is -0.298. The van der Waals surface area contributed by atoms with Gasteiger partial charge < -0.3 is 9.32 Å². The molecule has 2 heterocycles. The van der Waals surface area contributed by atoms with Crippen LogP contribution in [0.5, 0.6) is 0 Å². The minimum Gasteiger partial charge on any atom is -0.424 e. The molecule has 1 amide bonds. The van der Waals surface area contributed by atoms with E-state index in [1.807, 2.05) is 0 Å². The highest BCUT2D eigenvalue weighted by Gasteiger charge is 2.15. The molecule has 0 aromatic carbocycles. The van der Waals surface area contributed by atoms with Crippen molar-refractivity contribution in [3.8, 4) is 0 Å². The van der Waals surface area contributed by atoms with Crippen LogP contribution in [0.15, 0.2) is 15.3 Å². The van der Waals surface area contributed by atoms with Gasteiger partial charge in [-0.3, -0.25) is 9.59 Å². The number of hydrogen-bond donors (Lipinski definition) is 0. The molecule has 0 bridgehead atoms. The lowest BCUT2D eigenvalue weighted by Crippen LogP contribution is -2.35. The monoisotopic (exact) mass is 291 g/mol. The van der Waals surface area contributed by atoms with Crippen molar-refractivity contribution in [2.45, 2.75) is 33.9 Å². The Morgan fingerprint density at radius 1 is 1.33 bits per heavy atom. The van der Waals surface area contributed by atoms with Gasteiger partial charge in [-0.15, -0.1) is 10.2 Å². The molecule has 2 aromatic rings. The molecule has 21 heavy (non-hydrogen) atoms. The zero-order valence-corrected chi connectivity index (χ0v) is 12.5. The van der Waals surface area contributed by atoms with Crippen molar-refractivity contribution >= 4 is 5.91 Å². The van der Waals surface area contributed by atoms with Crippen LogP contribution < -0.4 is 5.56 Å². The maximum absolute atomic E-state index is 12.1. The molecule has 0 fully saturated rings. The van der Waals surface area contributed by atoms with Gasteiger partial charge in [0.1, 0.15) is 6.54 Å². The Kier molecular flexibility index (Phi) is 4.15. The van der Waals surface area contributed by atoms with Crippen molar-refractivity contribution in [1.82, 2.24) is 24.9 Å². The fraction of sp³-hybridized carbons (Fsp3) is 0.462. The highest BCUT2D eigenvalue weighted by atomic mass is 16.4. The summed E-state index contributed by atoms with van der Waals surface area (Å²) in [7, 11) is 1.61. The molecule has 8 nitrogen and oxygen atoms in total. The predicted molar refractivity (Wildman–Crippen MR) is 73.5 cm³/mol. The first kappa shape index (κ1) is 14.9. The smallest absolute Gasteiger partial charge is 0.267 e. The number of hydrogen-bond acceptors (Lipinski definition) is 6. The van der Waals surface area contributed by atoms with E-state index in [1.165, 1.54) is 11.0 Å². The molecule has 0 saturated heterocycles. The Labute approximate surface area is 121 Å². The molecule has 0 aliphatic rings. The van der Waals surface area contributed by atoms with Crippen LogP contribution in [-0.4, -0.2) is 37.8 Å². The molecular weight excluding hydrogens is 274 g/mol. The van der Waals surface area contributed by atoms with Gasteiger partial charge in [-0.2, -0.15) is 5.10 Å². The van der Waals surface area contributed by atoms with Gasteiger partial charge in [-0.05, 0) is 19.4 Å². The Morgan fingerprint density at radius 3 is 2.67 bits per heavy atom. The van der Waals surface area contributed by atoms with E-state index in [0.717, 1.165) is 15.9 Å². The summed E-state index contributed by atoms with van der Waals surface area (Å²) in [6.45, 7) is 5.35. The fourth-order valence-electron chi connectivity index (χ4n) is 1.73. The molecule has 8 heteroatoms. The van der Waals surface area contributed by atoms with E-state index in [9.17, 15) is 9.59 Å². The summed E-state index contributed by atoms with van der Waals surface area (Å²) in [6.07, 6.45) is 0. The van der Waals surface area contributed by atoms with Gasteiger partial charge in [0.2, 0.25) is 17.7 Å². The normalized spacial score (nSPS) is 10.7. The van der Waals surface area contributed by atoms with Gasteiger partial charge in [-0.25, -0.2) is 4.68 Å². The summed E-state index contributed by atoms with van der Waals surface area (Å²) in [5.41, 5.74) is 1.23. The molecule has 0 unspecified atom stereocenters. The molecule has 0 saturated carbocycles. The lowest BCUT2D eigenvalue weighted by molar-refractivity contribution is -0.131. The topological polar surface area (TPSA) is 94.1 Å². The van der Waals surface area contributed by atoms with Crippen LogP contribution in [0, 0.1) is 20.8 Å². The number of aryl methyl sites for hydroxylation is 3. The Morgan fingerprint density at radius 2 is 2.05 bits per heavy atom. The van der Waals surface area contributed by atoms with E-state index < -0.39 is 0 Å². The van der Waals surface area contributed by atoms with Crippen LogP contribution in [0.1, 0.15) is 23.0 Å². The fourth-order valence-corrected chi connectivity index (χ4v) is 1.73. The van der Waals surface area contributed by atoms with Crippen molar-refractivity contribution in [3.63, 3.8) is 0 Å². The SMILES string of the molecule is Cc1nnc(CN(C)C(=O)Cn2nc(C)c(C)cc2=O)o1. The van der Waals surface area contributed by atoms with Gasteiger partial charge in [0.15, 0.2) is 0 Å². The predicted octanol–water partition coefficient (Wildman–Crippen LogP) is 0.210. The first-order valence-corrected chi connectivity index (χ1v) is 6.45. The second-order valence-electron chi connectivity index (χ2n) is 4.87. The van der Waals surface area contributed by atoms with Crippen molar-refractivity contribution in [3.05, 3.63) is 39.5 Å². The van der Waals surface area contributed by atoms with Crippen LogP contribution >= 0.6 is 0 Å². The molecule has 0 N–H and O–H groups in total. The lowest BCUT2D eigenvalue weighted by atomic mass is 10.2. The van der Waals surface area contributed by atoms with Crippen LogP contribution in [0.25, 0.3) is 0 Å². The zero-order chi connectivity index (χ0) is 15.6. The average molecular weight is 291 g/mol. The summed E-state index contributed by atoms with van der Waals surface area (Å²) in [5.74, 6) is 0.533. The first-order chi connectivity index (χ1) is 9.86. The second-order valence-corrected chi connectivity index (χ2v) is 4.87. The van der Waals surface area contributed by atoms with E-state index in [0.29, 0.717) is 11.8 Å². The van der Waals surface area contributed by atoms with Crippen LogP contribution in [0.4, 0.5) is 0 Å². The van der Waals surface area contributed by atoms with Gasteiger partial charge in [0.25, 0.3) is 5.56 Å². The number of carbonyl (C=O) groups excluding carboxylic acids is 1. The van der Waals surface area contributed by atoms with Gasteiger partial charge in [0.05, 0.1) is 12.2 Å². The summed E-state index contributed by atoms with van der Waals surface area (Å²) in [4.78, 5) is 25.3. The minimum absolute atomic E-state index is 0.121. The van der Waals surface area contributed by atoms with Crippen molar-refractivity contribution in [2.75, 3.05) is 7.05 Å². The molecule has 0 aliphatic heterocycles. The molecule has 0 spiro atoms. The van der Waals surface area contributed by atoms with E-state index in [1.54, 1.807) is 27.8 Å². The van der Waals surface area contributed by atoms with Crippen LogP contribution in [0.3, 0.4) is 0 Å². The first-order valence-electron chi connectivity index (χ1n) is 6.45. The molecule has 0 radical (unpaired) electrons. The summed E-state index contributed by atoms with van der Waals surface area (Å²) in [6, 6.07) is 1.47. The van der Waals surface area contributed by atoms with E-state index >= 15 is 0 Å². The summed E-state index contributed by atoms with van der Waals surface area (Å²) >= 11 is 0. The quantitative estimate of drug-likeness (QED) is 0.799. The van der Waals surface area contributed by atoms with Gasteiger partial charge in [0, 0.05) is 20.0 Å². The number of carbonyl (C=O) groups is 1. The second kappa shape index (κ2) is 5.86. The Bertz CT molecular complexity index is 719. The van der Waals surface area contributed by atoms with Crippen LogP contribution in [-0.2, 0) is 17.9 Å². The van der Waals surface area contributed by atoms with E-state index in [-0.39, 0.29) is 24.6 Å². The van der Waals surface area contributed by atoms with Crippen LogP contribution in [0.2, 0.25) is 0 Å². The number of likely N-dealkylation sites (N-methyl/N-ethyl adjacent to an activating group) is 1. The third-order valence-corrected chi connectivity index (χ3v) is 3.09. The largest absolute Gasteiger partial charge is 0.424 e. The number of rotatable bonds is 4.